The SMILES string of the molecule is C=C(C(=NC)N1CCNCC1)C(C)C. The van der Waals surface area contributed by atoms with Crippen molar-refractivity contribution in [1.82, 2.24) is 10.2 Å². The first-order chi connectivity index (χ1) is 6.66. The van der Waals surface area contributed by atoms with Crippen molar-refractivity contribution >= 4 is 5.84 Å². The van der Waals surface area contributed by atoms with Gasteiger partial charge in [-0.2, -0.15) is 0 Å². The van der Waals surface area contributed by atoms with Crippen molar-refractivity contribution in [2.24, 2.45) is 10.9 Å². The molecule has 3 heteroatoms. The predicted molar refractivity (Wildman–Crippen MR) is 61.8 cm³/mol. The molecule has 0 spiro atoms. The van der Waals surface area contributed by atoms with Gasteiger partial charge in [0.1, 0.15) is 5.84 Å². The molecule has 0 amide bonds. The molecule has 1 saturated heterocycles. The molecule has 1 aliphatic rings. The summed E-state index contributed by atoms with van der Waals surface area (Å²) in [4.78, 5) is 6.67. The highest BCUT2D eigenvalue weighted by molar-refractivity contribution is 5.98. The van der Waals surface area contributed by atoms with Gasteiger partial charge in [-0.05, 0) is 11.5 Å². The van der Waals surface area contributed by atoms with Crippen LogP contribution in [0.5, 0.6) is 0 Å². The van der Waals surface area contributed by atoms with Crippen molar-refractivity contribution in [2.45, 2.75) is 13.8 Å². The fraction of sp³-hybridized carbons (Fsp3) is 0.727. The molecule has 1 heterocycles. The maximum absolute atomic E-state index is 4.35. The maximum Gasteiger partial charge on any atom is 0.126 e. The molecular formula is C11H21N3. The van der Waals surface area contributed by atoms with Gasteiger partial charge >= 0.3 is 0 Å². The van der Waals surface area contributed by atoms with E-state index in [0.29, 0.717) is 5.92 Å². The summed E-state index contributed by atoms with van der Waals surface area (Å²) in [6.07, 6.45) is 0. The molecule has 1 aliphatic heterocycles. The minimum Gasteiger partial charge on any atom is -0.354 e. The van der Waals surface area contributed by atoms with E-state index in [1.54, 1.807) is 0 Å². The van der Waals surface area contributed by atoms with Crippen molar-refractivity contribution in [1.29, 1.82) is 0 Å². The third kappa shape index (κ3) is 2.58. The quantitative estimate of drug-likeness (QED) is 0.528. The van der Waals surface area contributed by atoms with Crippen molar-refractivity contribution in [2.75, 3.05) is 33.2 Å². The van der Waals surface area contributed by atoms with Crippen LogP contribution in [0.1, 0.15) is 13.8 Å². The van der Waals surface area contributed by atoms with Crippen molar-refractivity contribution in [3.63, 3.8) is 0 Å². The van der Waals surface area contributed by atoms with Gasteiger partial charge in [-0.1, -0.05) is 20.4 Å². The molecule has 0 unspecified atom stereocenters. The lowest BCUT2D eigenvalue weighted by atomic mass is 10.0. The fourth-order valence-electron chi connectivity index (χ4n) is 1.62. The first-order valence-corrected chi connectivity index (χ1v) is 5.28. The number of aliphatic imine (C=N–C) groups is 1. The number of piperazine rings is 1. The molecule has 0 aromatic heterocycles. The Bertz CT molecular complexity index is 225. The van der Waals surface area contributed by atoms with Crippen LogP contribution in [-0.2, 0) is 0 Å². The number of hydrogen-bond acceptors (Lipinski definition) is 2. The van der Waals surface area contributed by atoms with Crippen LogP contribution < -0.4 is 5.32 Å². The average molecular weight is 195 g/mol. The first-order valence-electron chi connectivity index (χ1n) is 5.28. The molecule has 1 fully saturated rings. The fourth-order valence-corrected chi connectivity index (χ4v) is 1.62. The molecule has 80 valence electrons. The van der Waals surface area contributed by atoms with Gasteiger partial charge in [0.2, 0.25) is 0 Å². The van der Waals surface area contributed by atoms with Gasteiger partial charge in [0.15, 0.2) is 0 Å². The zero-order valence-corrected chi connectivity index (χ0v) is 9.51. The van der Waals surface area contributed by atoms with Gasteiger partial charge in [-0.25, -0.2) is 0 Å². The Morgan fingerprint density at radius 2 is 1.93 bits per heavy atom. The maximum atomic E-state index is 4.35. The van der Waals surface area contributed by atoms with E-state index in [-0.39, 0.29) is 0 Å². The molecule has 0 aromatic carbocycles. The van der Waals surface area contributed by atoms with Gasteiger partial charge in [0.25, 0.3) is 0 Å². The van der Waals surface area contributed by atoms with E-state index in [4.69, 9.17) is 0 Å². The third-order valence-corrected chi connectivity index (χ3v) is 2.61. The summed E-state index contributed by atoms with van der Waals surface area (Å²) in [5.74, 6) is 1.56. The number of nitrogens with one attached hydrogen (secondary N) is 1. The van der Waals surface area contributed by atoms with Crippen LogP contribution in [0.3, 0.4) is 0 Å². The summed E-state index contributed by atoms with van der Waals surface area (Å²) >= 11 is 0. The second-order valence-electron chi connectivity index (χ2n) is 3.96. The summed E-state index contributed by atoms with van der Waals surface area (Å²) in [7, 11) is 1.85. The van der Waals surface area contributed by atoms with Gasteiger partial charge in [0, 0.05) is 33.2 Å². The van der Waals surface area contributed by atoms with E-state index >= 15 is 0 Å². The van der Waals surface area contributed by atoms with Crippen LogP contribution in [-0.4, -0.2) is 44.0 Å². The highest BCUT2D eigenvalue weighted by Gasteiger charge is 2.17. The van der Waals surface area contributed by atoms with Crippen LogP contribution in [0, 0.1) is 5.92 Å². The summed E-state index contributed by atoms with van der Waals surface area (Å²) in [5.41, 5.74) is 1.15. The van der Waals surface area contributed by atoms with Gasteiger partial charge < -0.3 is 10.2 Å². The summed E-state index contributed by atoms with van der Waals surface area (Å²) in [6.45, 7) is 12.6. The molecule has 14 heavy (non-hydrogen) atoms. The lowest BCUT2D eigenvalue weighted by Gasteiger charge is -2.32. The Morgan fingerprint density at radius 1 is 1.36 bits per heavy atom. The zero-order chi connectivity index (χ0) is 10.6. The van der Waals surface area contributed by atoms with Gasteiger partial charge in [-0.3, -0.25) is 4.99 Å². The predicted octanol–water partition coefficient (Wildman–Crippen LogP) is 1.13. The number of rotatable bonds is 2. The minimum atomic E-state index is 0.476. The van der Waals surface area contributed by atoms with Crippen molar-refractivity contribution in [3.05, 3.63) is 12.2 Å². The first kappa shape index (κ1) is 11.2. The van der Waals surface area contributed by atoms with E-state index in [9.17, 15) is 0 Å². The third-order valence-electron chi connectivity index (χ3n) is 2.61. The van der Waals surface area contributed by atoms with E-state index in [1.165, 1.54) is 0 Å². The lowest BCUT2D eigenvalue weighted by Crippen LogP contribution is -2.47. The minimum absolute atomic E-state index is 0.476. The topological polar surface area (TPSA) is 27.6 Å². The largest absolute Gasteiger partial charge is 0.354 e. The summed E-state index contributed by atoms with van der Waals surface area (Å²) < 4.78 is 0. The highest BCUT2D eigenvalue weighted by atomic mass is 15.2. The molecule has 1 N–H and O–H groups in total. The smallest absolute Gasteiger partial charge is 0.126 e. The van der Waals surface area contributed by atoms with Crippen LogP contribution in [0.2, 0.25) is 0 Å². The highest BCUT2D eigenvalue weighted by Crippen LogP contribution is 2.12. The molecule has 3 nitrogen and oxygen atoms in total. The summed E-state index contributed by atoms with van der Waals surface area (Å²) in [5, 5.41) is 3.34. The Balaban J connectivity index is 2.66. The molecule has 0 bridgehead atoms. The number of nitrogens with zero attached hydrogens (tertiary/aromatic N) is 2. The summed E-state index contributed by atoms with van der Waals surface area (Å²) in [6, 6.07) is 0. The Morgan fingerprint density at radius 3 is 2.36 bits per heavy atom. The van der Waals surface area contributed by atoms with E-state index < -0.39 is 0 Å². The van der Waals surface area contributed by atoms with Crippen molar-refractivity contribution < 1.29 is 0 Å². The van der Waals surface area contributed by atoms with Crippen molar-refractivity contribution in [3.8, 4) is 0 Å². The molecule has 1 rings (SSSR count). The second-order valence-corrected chi connectivity index (χ2v) is 3.96. The zero-order valence-electron chi connectivity index (χ0n) is 9.51. The molecule has 0 aliphatic carbocycles. The van der Waals surface area contributed by atoms with E-state index in [1.807, 2.05) is 7.05 Å². The molecule has 0 saturated carbocycles. The Hall–Kier alpha value is -0.830. The molecule has 0 aromatic rings. The van der Waals surface area contributed by atoms with Crippen LogP contribution in [0.25, 0.3) is 0 Å². The Kier molecular flexibility index (Phi) is 4.14. The Labute approximate surface area is 86.9 Å². The van der Waals surface area contributed by atoms with Crippen LogP contribution in [0.4, 0.5) is 0 Å². The van der Waals surface area contributed by atoms with Gasteiger partial charge in [0.05, 0.1) is 0 Å². The molecule has 0 atom stereocenters. The molecule has 0 radical (unpaired) electrons. The standard InChI is InChI=1S/C11H21N3/c1-9(2)10(3)11(12-4)14-7-5-13-6-8-14/h9,13H,3,5-8H2,1-2,4H3. The number of amidine groups is 1. The monoisotopic (exact) mass is 195 g/mol. The van der Waals surface area contributed by atoms with Crippen LogP contribution >= 0.6 is 0 Å². The van der Waals surface area contributed by atoms with Crippen LogP contribution in [0.15, 0.2) is 17.1 Å². The average Bonchev–Trinajstić information content (AvgIpc) is 2.20. The van der Waals surface area contributed by atoms with E-state index in [2.05, 4.69) is 35.6 Å². The van der Waals surface area contributed by atoms with E-state index in [0.717, 1.165) is 37.6 Å². The second kappa shape index (κ2) is 5.15. The van der Waals surface area contributed by atoms with Gasteiger partial charge in [-0.15, -0.1) is 0 Å². The normalized spacial score (nSPS) is 18.9. The molecular weight excluding hydrogens is 174 g/mol. The lowest BCUT2D eigenvalue weighted by molar-refractivity contribution is 0.355. The number of hydrogen-bond donors (Lipinski definition) is 1.